The highest BCUT2D eigenvalue weighted by molar-refractivity contribution is 5.20. The van der Waals surface area contributed by atoms with Gasteiger partial charge in [-0.15, -0.1) is 0 Å². The smallest absolute Gasteiger partial charge is 0.255 e. The highest BCUT2D eigenvalue weighted by atomic mass is 16.1. The first-order chi connectivity index (χ1) is 8.74. The monoisotopic (exact) mass is 250 g/mol. The van der Waals surface area contributed by atoms with Crippen LogP contribution in [0.1, 0.15) is 30.9 Å². The van der Waals surface area contributed by atoms with E-state index in [0.29, 0.717) is 6.54 Å². The van der Waals surface area contributed by atoms with E-state index in [4.69, 9.17) is 0 Å². The lowest BCUT2D eigenvalue weighted by atomic mass is 10.1. The Morgan fingerprint density at radius 1 is 1.33 bits per heavy atom. The molecule has 1 aliphatic rings. The molecule has 0 fully saturated rings. The number of hydrogen-bond acceptors (Lipinski definition) is 4. The van der Waals surface area contributed by atoms with Crippen LogP contribution in [0.15, 0.2) is 4.79 Å². The lowest BCUT2D eigenvalue weighted by Crippen LogP contribution is -2.33. The molecule has 0 amide bonds. The van der Waals surface area contributed by atoms with Gasteiger partial charge in [0.25, 0.3) is 5.56 Å². The standard InChI is InChI=1S/C13H22N4O/c1-3-17(4-2)8-6-12-15-11-5-7-14-9-10(11)13(18)16-12/h14H,3-9H2,1-2H3,(H,15,16,18). The Balaban J connectivity index is 2.10. The van der Waals surface area contributed by atoms with Crippen molar-refractivity contribution in [3.63, 3.8) is 0 Å². The van der Waals surface area contributed by atoms with E-state index in [9.17, 15) is 4.79 Å². The van der Waals surface area contributed by atoms with Crippen molar-refractivity contribution < 1.29 is 0 Å². The van der Waals surface area contributed by atoms with Crippen molar-refractivity contribution in [3.8, 4) is 0 Å². The van der Waals surface area contributed by atoms with Gasteiger partial charge in [0.2, 0.25) is 0 Å². The normalized spacial score (nSPS) is 14.8. The molecule has 18 heavy (non-hydrogen) atoms. The largest absolute Gasteiger partial charge is 0.312 e. The van der Waals surface area contributed by atoms with Gasteiger partial charge in [0.05, 0.1) is 11.3 Å². The number of fused-ring (bicyclic) bond motifs is 1. The molecule has 0 bridgehead atoms. The Labute approximate surface area is 108 Å². The summed E-state index contributed by atoms with van der Waals surface area (Å²) in [7, 11) is 0. The van der Waals surface area contributed by atoms with Crippen LogP contribution in [-0.4, -0.2) is 41.0 Å². The van der Waals surface area contributed by atoms with E-state index in [-0.39, 0.29) is 5.56 Å². The number of rotatable bonds is 5. The number of nitrogens with zero attached hydrogens (tertiary/aromatic N) is 2. The number of aromatic nitrogens is 2. The maximum Gasteiger partial charge on any atom is 0.255 e. The first kappa shape index (κ1) is 13.2. The minimum absolute atomic E-state index is 0.0294. The van der Waals surface area contributed by atoms with Crippen LogP contribution in [0, 0.1) is 0 Å². The van der Waals surface area contributed by atoms with Crippen molar-refractivity contribution >= 4 is 0 Å². The van der Waals surface area contributed by atoms with E-state index in [1.165, 1.54) is 0 Å². The van der Waals surface area contributed by atoms with Crippen LogP contribution in [0.3, 0.4) is 0 Å². The third-order valence-corrected chi connectivity index (χ3v) is 3.55. The van der Waals surface area contributed by atoms with Gasteiger partial charge in [-0.3, -0.25) is 4.79 Å². The molecule has 0 aliphatic carbocycles. The molecule has 5 nitrogen and oxygen atoms in total. The zero-order valence-corrected chi connectivity index (χ0v) is 11.3. The summed E-state index contributed by atoms with van der Waals surface area (Å²) in [5.41, 5.74) is 1.82. The summed E-state index contributed by atoms with van der Waals surface area (Å²) in [5, 5.41) is 3.20. The van der Waals surface area contributed by atoms with E-state index >= 15 is 0 Å². The number of likely N-dealkylation sites (N-methyl/N-ethyl adjacent to an activating group) is 1. The van der Waals surface area contributed by atoms with Crippen molar-refractivity contribution in [2.24, 2.45) is 0 Å². The van der Waals surface area contributed by atoms with E-state index in [1.54, 1.807) is 0 Å². The number of H-pyrrole nitrogens is 1. The summed E-state index contributed by atoms with van der Waals surface area (Å²) in [6.07, 6.45) is 1.68. The van der Waals surface area contributed by atoms with Crippen LogP contribution in [0.4, 0.5) is 0 Å². The fourth-order valence-corrected chi connectivity index (χ4v) is 2.33. The molecule has 0 saturated heterocycles. The van der Waals surface area contributed by atoms with Crippen LogP contribution in [0.25, 0.3) is 0 Å². The highest BCUT2D eigenvalue weighted by Gasteiger charge is 2.15. The topological polar surface area (TPSA) is 61.0 Å². The average Bonchev–Trinajstić information content (AvgIpc) is 2.40. The predicted octanol–water partition coefficient (Wildman–Crippen LogP) is 0.300. The Morgan fingerprint density at radius 3 is 2.83 bits per heavy atom. The molecule has 2 heterocycles. The van der Waals surface area contributed by atoms with Crippen LogP contribution in [0.5, 0.6) is 0 Å². The summed E-state index contributed by atoms with van der Waals surface area (Å²) < 4.78 is 0. The molecule has 0 spiro atoms. The van der Waals surface area contributed by atoms with Crippen molar-refractivity contribution in [1.29, 1.82) is 0 Å². The van der Waals surface area contributed by atoms with Crippen LogP contribution >= 0.6 is 0 Å². The Kier molecular flexibility index (Phi) is 4.49. The quantitative estimate of drug-likeness (QED) is 0.789. The molecule has 1 aromatic heterocycles. The molecular weight excluding hydrogens is 228 g/mol. The van der Waals surface area contributed by atoms with Gasteiger partial charge in [-0.05, 0) is 13.1 Å². The maximum absolute atomic E-state index is 11.9. The summed E-state index contributed by atoms with van der Waals surface area (Å²) in [5.74, 6) is 0.826. The second kappa shape index (κ2) is 6.11. The molecule has 0 unspecified atom stereocenters. The number of nitrogens with one attached hydrogen (secondary N) is 2. The number of hydrogen-bond donors (Lipinski definition) is 2. The van der Waals surface area contributed by atoms with Gasteiger partial charge in [-0.1, -0.05) is 13.8 Å². The van der Waals surface area contributed by atoms with Crippen molar-refractivity contribution in [2.75, 3.05) is 26.2 Å². The second-order valence-corrected chi connectivity index (χ2v) is 4.64. The molecule has 0 radical (unpaired) electrons. The molecule has 2 N–H and O–H groups in total. The third-order valence-electron chi connectivity index (χ3n) is 3.55. The SMILES string of the molecule is CCN(CC)CCc1nc2c(c(=O)[nH]1)CNCC2. The Morgan fingerprint density at radius 2 is 2.11 bits per heavy atom. The van der Waals surface area contributed by atoms with Crippen LogP contribution in [0.2, 0.25) is 0 Å². The summed E-state index contributed by atoms with van der Waals surface area (Å²) >= 11 is 0. The lowest BCUT2D eigenvalue weighted by Gasteiger charge is -2.19. The zero-order chi connectivity index (χ0) is 13.0. The van der Waals surface area contributed by atoms with Gasteiger partial charge in [0.1, 0.15) is 5.82 Å². The molecule has 0 atom stereocenters. The molecular formula is C13H22N4O. The molecule has 2 rings (SSSR count). The van der Waals surface area contributed by atoms with Crippen LogP contribution < -0.4 is 10.9 Å². The fourth-order valence-electron chi connectivity index (χ4n) is 2.33. The van der Waals surface area contributed by atoms with Gasteiger partial charge in [-0.25, -0.2) is 4.98 Å². The molecule has 100 valence electrons. The van der Waals surface area contributed by atoms with Crippen molar-refractivity contribution in [3.05, 3.63) is 27.4 Å². The van der Waals surface area contributed by atoms with Gasteiger partial charge in [0, 0.05) is 32.5 Å². The first-order valence-corrected chi connectivity index (χ1v) is 6.78. The summed E-state index contributed by atoms with van der Waals surface area (Å²) in [4.78, 5) is 21.8. The van der Waals surface area contributed by atoms with E-state index in [1.807, 2.05) is 0 Å². The Bertz CT molecular complexity index is 451. The predicted molar refractivity (Wildman–Crippen MR) is 71.8 cm³/mol. The average molecular weight is 250 g/mol. The van der Waals surface area contributed by atoms with Gasteiger partial charge >= 0.3 is 0 Å². The minimum atomic E-state index is 0.0294. The summed E-state index contributed by atoms with van der Waals surface area (Å²) in [6.45, 7) is 8.89. The third kappa shape index (κ3) is 2.97. The van der Waals surface area contributed by atoms with E-state index in [2.05, 4.69) is 34.0 Å². The highest BCUT2D eigenvalue weighted by Crippen LogP contribution is 2.06. The minimum Gasteiger partial charge on any atom is -0.312 e. The molecule has 0 saturated carbocycles. The first-order valence-electron chi connectivity index (χ1n) is 6.78. The van der Waals surface area contributed by atoms with Crippen molar-refractivity contribution in [1.82, 2.24) is 20.2 Å². The van der Waals surface area contributed by atoms with Gasteiger partial charge < -0.3 is 15.2 Å². The molecule has 5 heteroatoms. The Hall–Kier alpha value is -1.20. The van der Waals surface area contributed by atoms with Crippen LogP contribution in [-0.2, 0) is 19.4 Å². The number of aromatic amines is 1. The van der Waals surface area contributed by atoms with Crippen molar-refractivity contribution in [2.45, 2.75) is 33.2 Å². The maximum atomic E-state index is 11.9. The van der Waals surface area contributed by atoms with E-state index in [0.717, 1.165) is 56.1 Å². The molecule has 1 aliphatic heterocycles. The second-order valence-electron chi connectivity index (χ2n) is 4.64. The fraction of sp³-hybridized carbons (Fsp3) is 0.692. The zero-order valence-electron chi connectivity index (χ0n) is 11.3. The molecule has 1 aromatic rings. The summed E-state index contributed by atoms with van der Waals surface area (Å²) in [6, 6.07) is 0. The van der Waals surface area contributed by atoms with Gasteiger partial charge in [0.15, 0.2) is 0 Å². The van der Waals surface area contributed by atoms with E-state index < -0.39 is 0 Å². The molecule has 0 aromatic carbocycles. The van der Waals surface area contributed by atoms with Gasteiger partial charge in [-0.2, -0.15) is 0 Å². The lowest BCUT2D eigenvalue weighted by molar-refractivity contribution is 0.305.